The van der Waals surface area contributed by atoms with Crippen LogP contribution in [0.5, 0.6) is 0 Å². The third kappa shape index (κ3) is 2.85. The summed E-state index contributed by atoms with van der Waals surface area (Å²) in [7, 11) is 0. The van der Waals surface area contributed by atoms with Crippen molar-refractivity contribution in [3.05, 3.63) is 30.3 Å². The normalized spacial score (nSPS) is 9.86. The molecule has 0 aliphatic carbocycles. The molecule has 0 fully saturated rings. The van der Waals surface area contributed by atoms with Gasteiger partial charge in [-0.2, -0.15) is 0 Å². The summed E-state index contributed by atoms with van der Waals surface area (Å²) < 4.78 is 0. The fourth-order valence-electron chi connectivity index (χ4n) is 1.30. The Kier molecular flexibility index (Phi) is 4.13. The zero-order valence-electron chi connectivity index (χ0n) is 8.44. The maximum atomic E-state index is 11.2. The van der Waals surface area contributed by atoms with E-state index in [0.717, 1.165) is 12.2 Å². The fraction of sp³-hybridized carbons (Fsp3) is 0.364. The lowest BCUT2D eigenvalue weighted by Crippen LogP contribution is -2.32. The summed E-state index contributed by atoms with van der Waals surface area (Å²) in [6, 6.07) is 9.87. The van der Waals surface area contributed by atoms with Crippen molar-refractivity contribution in [1.82, 2.24) is 0 Å². The van der Waals surface area contributed by atoms with Gasteiger partial charge in [-0.3, -0.25) is 4.79 Å². The summed E-state index contributed by atoms with van der Waals surface area (Å²) in [5.74, 6) is 0.0655. The number of ketones is 1. The van der Waals surface area contributed by atoms with Crippen LogP contribution in [0.1, 0.15) is 6.92 Å². The van der Waals surface area contributed by atoms with Gasteiger partial charge >= 0.3 is 0 Å². The van der Waals surface area contributed by atoms with Gasteiger partial charge in [-0.25, -0.2) is 0 Å². The molecule has 1 aromatic rings. The van der Waals surface area contributed by atoms with Crippen LogP contribution in [0.25, 0.3) is 0 Å². The Balaban J connectivity index is 2.68. The van der Waals surface area contributed by atoms with E-state index < -0.39 is 0 Å². The average molecular weight is 192 g/mol. The first-order valence-electron chi connectivity index (χ1n) is 4.79. The van der Waals surface area contributed by atoms with Gasteiger partial charge in [-0.1, -0.05) is 18.2 Å². The quantitative estimate of drug-likeness (QED) is 0.758. The summed E-state index contributed by atoms with van der Waals surface area (Å²) in [5, 5.41) is 0. The third-order valence-corrected chi connectivity index (χ3v) is 2.10. The predicted molar refractivity (Wildman–Crippen MR) is 58.4 cm³/mol. The molecule has 1 rings (SSSR count). The van der Waals surface area contributed by atoms with Crippen LogP contribution >= 0.6 is 0 Å². The van der Waals surface area contributed by atoms with E-state index in [4.69, 9.17) is 5.73 Å². The van der Waals surface area contributed by atoms with Crippen LogP contribution in [-0.2, 0) is 4.79 Å². The Bertz CT molecular complexity index is 285. The minimum Gasteiger partial charge on any atom is -0.364 e. The van der Waals surface area contributed by atoms with Gasteiger partial charge in [-0.05, 0) is 19.1 Å². The van der Waals surface area contributed by atoms with E-state index in [-0.39, 0.29) is 12.3 Å². The summed E-state index contributed by atoms with van der Waals surface area (Å²) in [6.45, 7) is 3.35. The summed E-state index contributed by atoms with van der Waals surface area (Å²) in [6.07, 6.45) is 0. The Hall–Kier alpha value is -1.35. The maximum Gasteiger partial charge on any atom is 0.165 e. The zero-order valence-corrected chi connectivity index (χ0v) is 8.44. The van der Waals surface area contributed by atoms with Crippen LogP contribution in [0.3, 0.4) is 0 Å². The molecule has 76 valence electrons. The number of nitrogens with zero attached hydrogens (tertiary/aromatic N) is 1. The molecule has 0 aromatic heterocycles. The molecular formula is C11H16N2O. The minimum atomic E-state index is 0.0655. The van der Waals surface area contributed by atoms with Crippen molar-refractivity contribution in [3.63, 3.8) is 0 Å². The smallest absolute Gasteiger partial charge is 0.165 e. The number of carbonyl (C=O) groups is 1. The molecule has 0 unspecified atom stereocenters. The van der Waals surface area contributed by atoms with Crippen molar-refractivity contribution in [2.45, 2.75) is 6.92 Å². The van der Waals surface area contributed by atoms with Gasteiger partial charge in [-0.15, -0.1) is 0 Å². The molecule has 14 heavy (non-hydrogen) atoms. The molecule has 1 aromatic carbocycles. The first-order chi connectivity index (χ1) is 6.77. The van der Waals surface area contributed by atoms with Crippen molar-refractivity contribution >= 4 is 11.5 Å². The van der Waals surface area contributed by atoms with Crippen LogP contribution in [0.2, 0.25) is 0 Å². The molecule has 0 atom stereocenters. The largest absolute Gasteiger partial charge is 0.364 e. The van der Waals surface area contributed by atoms with E-state index in [1.807, 2.05) is 42.2 Å². The summed E-state index contributed by atoms with van der Waals surface area (Å²) in [5.41, 5.74) is 6.34. The molecule has 0 aliphatic rings. The molecule has 2 N–H and O–H groups in total. The fourth-order valence-corrected chi connectivity index (χ4v) is 1.30. The molecule has 0 aliphatic heterocycles. The number of nitrogens with two attached hydrogens (primary N) is 1. The number of Topliss-reactive ketones (excluding diaryl/α,β-unsaturated/α-hetero) is 1. The number of hydrogen-bond acceptors (Lipinski definition) is 3. The van der Waals surface area contributed by atoms with Gasteiger partial charge in [0.25, 0.3) is 0 Å². The SMILES string of the molecule is CCN(CC(=O)CN)c1ccccc1. The molecule has 0 spiro atoms. The van der Waals surface area contributed by atoms with Gasteiger partial charge in [0.15, 0.2) is 5.78 Å². The van der Waals surface area contributed by atoms with Crippen LogP contribution in [0.4, 0.5) is 5.69 Å². The lowest BCUT2D eigenvalue weighted by molar-refractivity contribution is -0.116. The second kappa shape index (κ2) is 5.40. The lowest BCUT2D eigenvalue weighted by Gasteiger charge is -2.21. The first-order valence-corrected chi connectivity index (χ1v) is 4.79. The highest BCUT2D eigenvalue weighted by Gasteiger charge is 2.07. The second-order valence-electron chi connectivity index (χ2n) is 3.09. The maximum absolute atomic E-state index is 11.2. The number of hydrogen-bond donors (Lipinski definition) is 1. The summed E-state index contributed by atoms with van der Waals surface area (Å²) >= 11 is 0. The number of benzene rings is 1. The van der Waals surface area contributed by atoms with E-state index >= 15 is 0 Å². The highest BCUT2D eigenvalue weighted by atomic mass is 16.1. The van der Waals surface area contributed by atoms with Crippen molar-refractivity contribution in [2.75, 3.05) is 24.5 Å². The van der Waals surface area contributed by atoms with E-state index in [1.54, 1.807) is 0 Å². The van der Waals surface area contributed by atoms with Crippen molar-refractivity contribution < 1.29 is 4.79 Å². The van der Waals surface area contributed by atoms with Crippen LogP contribution in [0.15, 0.2) is 30.3 Å². The molecule has 0 saturated heterocycles. The van der Waals surface area contributed by atoms with Gasteiger partial charge < -0.3 is 10.6 Å². The van der Waals surface area contributed by atoms with Crippen LogP contribution in [-0.4, -0.2) is 25.4 Å². The Morgan fingerprint density at radius 2 is 2.00 bits per heavy atom. The van der Waals surface area contributed by atoms with Crippen molar-refractivity contribution in [1.29, 1.82) is 0 Å². The highest BCUT2D eigenvalue weighted by molar-refractivity contribution is 5.85. The van der Waals surface area contributed by atoms with Gasteiger partial charge in [0.1, 0.15) is 0 Å². The Morgan fingerprint density at radius 3 is 2.50 bits per heavy atom. The molecule has 0 radical (unpaired) electrons. The zero-order chi connectivity index (χ0) is 10.4. The summed E-state index contributed by atoms with van der Waals surface area (Å²) in [4.78, 5) is 13.2. The second-order valence-corrected chi connectivity index (χ2v) is 3.09. The van der Waals surface area contributed by atoms with E-state index in [2.05, 4.69) is 0 Å². The molecule has 3 nitrogen and oxygen atoms in total. The van der Waals surface area contributed by atoms with Gasteiger partial charge in [0.2, 0.25) is 0 Å². The molecule has 0 heterocycles. The number of anilines is 1. The third-order valence-electron chi connectivity index (χ3n) is 2.10. The number of rotatable bonds is 5. The van der Waals surface area contributed by atoms with Crippen LogP contribution < -0.4 is 10.6 Å². The molecular weight excluding hydrogens is 176 g/mol. The number of carbonyl (C=O) groups excluding carboxylic acids is 1. The van der Waals surface area contributed by atoms with Crippen molar-refractivity contribution in [3.8, 4) is 0 Å². The molecule has 0 saturated carbocycles. The monoisotopic (exact) mass is 192 g/mol. The number of para-hydroxylation sites is 1. The van der Waals surface area contributed by atoms with E-state index in [0.29, 0.717) is 6.54 Å². The van der Waals surface area contributed by atoms with E-state index in [9.17, 15) is 4.79 Å². The molecule has 0 bridgehead atoms. The highest BCUT2D eigenvalue weighted by Crippen LogP contribution is 2.11. The average Bonchev–Trinajstić information content (AvgIpc) is 2.26. The van der Waals surface area contributed by atoms with Crippen LogP contribution in [0, 0.1) is 0 Å². The molecule has 3 heteroatoms. The van der Waals surface area contributed by atoms with Gasteiger partial charge in [0.05, 0.1) is 13.1 Å². The molecule has 0 amide bonds. The Morgan fingerprint density at radius 1 is 1.36 bits per heavy atom. The Labute approximate surface area is 84.5 Å². The first kappa shape index (κ1) is 10.7. The topological polar surface area (TPSA) is 46.3 Å². The van der Waals surface area contributed by atoms with Crippen molar-refractivity contribution in [2.24, 2.45) is 5.73 Å². The predicted octanol–water partition coefficient (Wildman–Crippen LogP) is 1.04. The lowest BCUT2D eigenvalue weighted by atomic mass is 10.2. The standard InChI is InChI=1S/C11H16N2O/c1-2-13(9-11(14)8-12)10-6-4-3-5-7-10/h3-7H,2,8-9,12H2,1H3. The van der Waals surface area contributed by atoms with Gasteiger partial charge in [0, 0.05) is 12.2 Å². The minimum absolute atomic E-state index is 0.0655. The van der Waals surface area contributed by atoms with E-state index in [1.165, 1.54) is 0 Å². The number of likely N-dealkylation sites (N-methyl/N-ethyl adjacent to an activating group) is 1.